The van der Waals surface area contributed by atoms with E-state index in [1.165, 1.54) is 25.6 Å². The molecule has 0 aliphatic carbocycles. The zero-order valence-electron chi connectivity index (χ0n) is 16.5. The number of carbonyl (C=O) groups excluding carboxylic acids is 1. The Hall–Kier alpha value is -3.32. The second-order valence-electron chi connectivity index (χ2n) is 6.07. The lowest BCUT2D eigenvalue weighted by Crippen LogP contribution is -2.20. The molecule has 0 saturated heterocycles. The predicted octanol–water partition coefficient (Wildman–Crippen LogP) is 5.35. The van der Waals surface area contributed by atoms with Crippen LogP contribution in [0.25, 0.3) is 0 Å². The minimum absolute atomic E-state index is 0.263. The van der Waals surface area contributed by atoms with Crippen molar-refractivity contribution >= 4 is 63.2 Å². The first kappa shape index (κ1) is 22.4. The van der Waals surface area contributed by atoms with Crippen molar-refractivity contribution in [2.45, 2.75) is 0 Å². The van der Waals surface area contributed by atoms with Crippen molar-refractivity contribution in [1.82, 2.24) is 0 Å². The van der Waals surface area contributed by atoms with E-state index < -0.39 is 0 Å². The summed E-state index contributed by atoms with van der Waals surface area (Å²) in [7, 11) is 3.03. The number of amides is 1. The Morgan fingerprint density at radius 1 is 1.06 bits per heavy atom. The first-order valence-corrected chi connectivity index (χ1v) is 10.5. The van der Waals surface area contributed by atoms with E-state index in [4.69, 9.17) is 33.3 Å². The molecule has 0 unspecified atom stereocenters. The fourth-order valence-corrected chi connectivity index (χ4v) is 3.75. The number of rotatable bonds is 6. The third-order valence-corrected chi connectivity index (χ3v) is 5.48. The summed E-state index contributed by atoms with van der Waals surface area (Å²) in [6, 6.07) is 13.8. The van der Waals surface area contributed by atoms with E-state index >= 15 is 0 Å². The van der Waals surface area contributed by atoms with Crippen LogP contribution in [0.2, 0.25) is 5.02 Å². The fraction of sp³-hybridized carbons (Fsp3) is 0.0952. The quantitative estimate of drug-likeness (QED) is 0.416. The van der Waals surface area contributed by atoms with Crippen molar-refractivity contribution in [3.05, 3.63) is 63.3 Å². The van der Waals surface area contributed by atoms with Crippen LogP contribution in [0.1, 0.15) is 15.2 Å². The van der Waals surface area contributed by atoms with Crippen LogP contribution in [-0.4, -0.2) is 25.2 Å². The number of nitrogens with one attached hydrogen (secondary N) is 3. The van der Waals surface area contributed by atoms with Crippen molar-refractivity contribution in [1.29, 1.82) is 5.26 Å². The highest BCUT2D eigenvalue weighted by atomic mass is 35.5. The molecular weight excluding hydrogens is 456 g/mol. The molecule has 0 aliphatic heterocycles. The number of carbonyl (C=O) groups is 1. The van der Waals surface area contributed by atoms with Crippen LogP contribution in [-0.2, 0) is 0 Å². The number of anilines is 3. The zero-order valence-corrected chi connectivity index (χ0v) is 18.9. The number of nitrogens with zero attached hydrogens (tertiary/aromatic N) is 1. The average Bonchev–Trinajstić information content (AvgIpc) is 3.30. The molecular formula is C21H17ClN4O3S2. The van der Waals surface area contributed by atoms with E-state index in [1.807, 2.05) is 5.38 Å². The van der Waals surface area contributed by atoms with Gasteiger partial charge < -0.3 is 25.4 Å². The topological polar surface area (TPSA) is 95.4 Å². The Kier molecular flexibility index (Phi) is 7.31. The van der Waals surface area contributed by atoms with Gasteiger partial charge in [-0.05, 0) is 47.9 Å². The van der Waals surface area contributed by atoms with Gasteiger partial charge in [-0.1, -0.05) is 17.7 Å². The number of halogens is 1. The SMILES string of the molecule is COc1cc(OC)c(NC(=S)Nc2ccc(NC(=O)c3cccs3)c(C#N)c2)cc1Cl. The van der Waals surface area contributed by atoms with Crippen LogP contribution < -0.4 is 25.4 Å². The Morgan fingerprint density at radius 2 is 1.84 bits per heavy atom. The molecule has 7 nitrogen and oxygen atoms in total. The molecule has 3 rings (SSSR count). The Labute approximate surface area is 193 Å². The Morgan fingerprint density at radius 3 is 2.48 bits per heavy atom. The number of thiophene rings is 1. The third kappa shape index (κ3) is 5.44. The van der Waals surface area contributed by atoms with Gasteiger partial charge in [0.25, 0.3) is 5.91 Å². The van der Waals surface area contributed by atoms with Crippen molar-refractivity contribution in [2.24, 2.45) is 0 Å². The maximum atomic E-state index is 12.3. The summed E-state index contributed by atoms with van der Waals surface area (Å²) in [6.45, 7) is 0. The van der Waals surface area contributed by atoms with Gasteiger partial charge >= 0.3 is 0 Å². The molecule has 31 heavy (non-hydrogen) atoms. The monoisotopic (exact) mass is 472 g/mol. The number of thiocarbonyl (C=S) groups is 1. The highest BCUT2D eigenvalue weighted by Gasteiger charge is 2.13. The van der Waals surface area contributed by atoms with Crippen LogP contribution in [0.15, 0.2) is 47.8 Å². The summed E-state index contributed by atoms with van der Waals surface area (Å²) in [5.41, 5.74) is 1.82. The average molecular weight is 473 g/mol. The summed E-state index contributed by atoms with van der Waals surface area (Å²) in [5, 5.41) is 20.7. The molecule has 0 fully saturated rings. The molecule has 10 heteroatoms. The molecule has 1 amide bonds. The highest BCUT2D eigenvalue weighted by Crippen LogP contribution is 2.36. The van der Waals surface area contributed by atoms with Crippen molar-refractivity contribution in [3.8, 4) is 17.6 Å². The third-order valence-electron chi connectivity index (χ3n) is 4.11. The predicted molar refractivity (Wildman–Crippen MR) is 128 cm³/mol. The molecule has 3 aromatic rings. The lowest BCUT2D eigenvalue weighted by atomic mass is 10.1. The van der Waals surface area contributed by atoms with E-state index in [9.17, 15) is 10.1 Å². The van der Waals surface area contributed by atoms with Gasteiger partial charge in [0.15, 0.2) is 5.11 Å². The van der Waals surface area contributed by atoms with Gasteiger partial charge in [0.1, 0.15) is 17.6 Å². The maximum Gasteiger partial charge on any atom is 0.265 e. The molecule has 1 heterocycles. The van der Waals surface area contributed by atoms with Gasteiger partial charge in [0, 0.05) is 11.8 Å². The summed E-state index contributed by atoms with van der Waals surface area (Å²) >= 11 is 12.9. The van der Waals surface area contributed by atoms with Crippen LogP contribution in [0.5, 0.6) is 11.5 Å². The minimum Gasteiger partial charge on any atom is -0.495 e. The molecule has 0 spiro atoms. The normalized spacial score (nSPS) is 10.0. The van der Waals surface area contributed by atoms with E-state index in [0.717, 1.165) is 0 Å². The number of hydrogen-bond donors (Lipinski definition) is 3. The van der Waals surface area contributed by atoms with E-state index in [2.05, 4.69) is 22.0 Å². The largest absolute Gasteiger partial charge is 0.495 e. The van der Waals surface area contributed by atoms with Gasteiger partial charge in [-0.25, -0.2) is 0 Å². The standard InChI is InChI=1S/C21H17ClN4O3S2/c1-28-17-10-18(29-2)16(9-14(17)22)26-21(30)24-13-5-6-15(12(8-13)11-23)25-20(27)19-4-3-7-31-19/h3-10H,1-2H3,(H,25,27)(H2,24,26,30). The van der Waals surface area contributed by atoms with Crippen molar-refractivity contribution < 1.29 is 14.3 Å². The Bertz CT molecular complexity index is 1160. The number of hydrogen-bond acceptors (Lipinski definition) is 6. The molecule has 0 radical (unpaired) electrons. The van der Waals surface area contributed by atoms with Crippen LogP contribution in [0.3, 0.4) is 0 Å². The van der Waals surface area contributed by atoms with Gasteiger partial charge in [-0.3, -0.25) is 4.79 Å². The second kappa shape index (κ2) is 10.1. The second-order valence-corrected chi connectivity index (χ2v) is 7.83. The molecule has 0 bridgehead atoms. The highest BCUT2D eigenvalue weighted by molar-refractivity contribution is 7.80. The number of benzene rings is 2. The zero-order chi connectivity index (χ0) is 22.4. The van der Waals surface area contributed by atoms with Gasteiger partial charge in [0.05, 0.1) is 41.1 Å². The summed E-state index contributed by atoms with van der Waals surface area (Å²) in [4.78, 5) is 12.8. The maximum absolute atomic E-state index is 12.3. The van der Waals surface area contributed by atoms with Crippen LogP contribution in [0.4, 0.5) is 17.1 Å². The summed E-state index contributed by atoms with van der Waals surface area (Å²) < 4.78 is 10.5. The van der Waals surface area contributed by atoms with Crippen LogP contribution in [0, 0.1) is 11.3 Å². The molecule has 3 N–H and O–H groups in total. The molecule has 158 valence electrons. The van der Waals surface area contributed by atoms with E-state index in [0.29, 0.717) is 44.0 Å². The van der Waals surface area contributed by atoms with E-state index in [1.54, 1.807) is 42.5 Å². The van der Waals surface area contributed by atoms with Gasteiger partial charge in [-0.15, -0.1) is 11.3 Å². The van der Waals surface area contributed by atoms with Crippen molar-refractivity contribution in [2.75, 3.05) is 30.2 Å². The molecule has 0 aliphatic rings. The first-order chi connectivity index (χ1) is 14.9. The van der Waals surface area contributed by atoms with Crippen molar-refractivity contribution in [3.63, 3.8) is 0 Å². The first-order valence-electron chi connectivity index (χ1n) is 8.83. The van der Waals surface area contributed by atoms with Gasteiger partial charge in [-0.2, -0.15) is 5.26 Å². The van der Waals surface area contributed by atoms with Crippen LogP contribution >= 0.6 is 35.2 Å². The fourth-order valence-electron chi connectivity index (χ4n) is 2.66. The lowest BCUT2D eigenvalue weighted by molar-refractivity contribution is 0.103. The number of methoxy groups -OCH3 is 2. The summed E-state index contributed by atoms with van der Waals surface area (Å²) in [6.07, 6.45) is 0. The van der Waals surface area contributed by atoms with Gasteiger partial charge in [0.2, 0.25) is 0 Å². The summed E-state index contributed by atoms with van der Waals surface area (Å²) in [5.74, 6) is 0.699. The number of ether oxygens (including phenoxy) is 2. The van der Waals surface area contributed by atoms with E-state index in [-0.39, 0.29) is 11.0 Å². The molecule has 1 aromatic heterocycles. The molecule has 0 saturated carbocycles. The lowest BCUT2D eigenvalue weighted by Gasteiger charge is -2.16. The Balaban J connectivity index is 1.73. The molecule has 2 aromatic carbocycles. The number of nitriles is 1. The minimum atomic E-state index is -0.270. The molecule has 0 atom stereocenters. The smallest absolute Gasteiger partial charge is 0.265 e.